The summed E-state index contributed by atoms with van der Waals surface area (Å²) < 4.78 is 10.7. The lowest BCUT2D eigenvalue weighted by molar-refractivity contribution is 0.0259. The van der Waals surface area contributed by atoms with Gasteiger partial charge in [0.2, 0.25) is 0 Å². The van der Waals surface area contributed by atoms with Crippen molar-refractivity contribution in [2.75, 3.05) is 26.3 Å². The Morgan fingerprint density at radius 2 is 1.80 bits per heavy atom. The molecule has 0 aromatic carbocycles. The van der Waals surface area contributed by atoms with E-state index in [1.54, 1.807) is 0 Å². The molecule has 2 heterocycles. The zero-order chi connectivity index (χ0) is 11.1. The summed E-state index contributed by atoms with van der Waals surface area (Å²) in [6, 6.07) is 0. The molecule has 2 atom stereocenters. The third-order valence-corrected chi connectivity index (χ3v) is 2.89. The van der Waals surface area contributed by atoms with Gasteiger partial charge in [-0.3, -0.25) is 0 Å². The maximum atomic E-state index is 11.8. The number of nitrogens with zero attached hydrogens (tertiary/aromatic N) is 1. The van der Waals surface area contributed by atoms with Gasteiger partial charge in [-0.15, -0.1) is 0 Å². The van der Waals surface area contributed by atoms with Gasteiger partial charge in [0.05, 0.1) is 13.2 Å². The molecule has 4 nitrogen and oxygen atoms in total. The molecular weight excluding hydrogens is 194 g/mol. The largest absolute Gasteiger partial charge is 0.444 e. The van der Waals surface area contributed by atoms with Crippen LogP contribution >= 0.6 is 0 Å². The second kappa shape index (κ2) is 3.67. The van der Waals surface area contributed by atoms with Crippen molar-refractivity contribution in [2.24, 2.45) is 11.8 Å². The Bertz CT molecular complexity index is 247. The summed E-state index contributed by atoms with van der Waals surface area (Å²) in [7, 11) is 0. The molecule has 0 unspecified atom stereocenters. The van der Waals surface area contributed by atoms with E-state index in [-0.39, 0.29) is 6.09 Å². The highest BCUT2D eigenvalue weighted by atomic mass is 16.6. The van der Waals surface area contributed by atoms with Crippen LogP contribution in [0.1, 0.15) is 20.8 Å². The van der Waals surface area contributed by atoms with Gasteiger partial charge in [0.15, 0.2) is 0 Å². The van der Waals surface area contributed by atoms with E-state index in [0.29, 0.717) is 11.8 Å². The van der Waals surface area contributed by atoms with E-state index >= 15 is 0 Å². The molecule has 2 saturated heterocycles. The summed E-state index contributed by atoms with van der Waals surface area (Å²) in [6.07, 6.45) is -0.183. The van der Waals surface area contributed by atoms with Crippen LogP contribution in [0.5, 0.6) is 0 Å². The van der Waals surface area contributed by atoms with Crippen LogP contribution < -0.4 is 0 Å². The normalized spacial score (nSPS) is 30.5. The first-order valence-electron chi connectivity index (χ1n) is 5.51. The van der Waals surface area contributed by atoms with Crippen LogP contribution in [-0.2, 0) is 9.47 Å². The minimum atomic E-state index is -0.398. The Morgan fingerprint density at radius 1 is 1.27 bits per heavy atom. The van der Waals surface area contributed by atoms with Gasteiger partial charge in [-0.05, 0) is 20.8 Å². The molecule has 0 saturated carbocycles. The first-order chi connectivity index (χ1) is 6.96. The van der Waals surface area contributed by atoms with E-state index in [1.165, 1.54) is 0 Å². The second-order valence-corrected chi connectivity index (χ2v) is 5.44. The molecule has 0 aliphatic carbocycles. The van der Waals surface area contributed by atoms with E-state index in [2.05, 4.69) is 0 Å². The van der Waals surface area contributed by atoms with Gasteiger partial charge in [0.25, 0.3) is 0 Å². The molecule has 86 valence electrons. The molecule has 0 aromatic rings. The fourth-order valence-electron chi connectivity index (χ4n) is 2.16. The first-order valence-corrected chi connectivity index (χ1v) is 5.51. The van der Waals surface area contributed by atoms with Crippen LogP contribution in [0.4, 0.5) is 4.79 Å². The molecule has 2 fully saturated rings. The van der Waals surface area contributed by atoms with Gasteiger partial charge in [0, 0.05) is 24.9 Å². The van der Waals surface area contributed by atoms with Crippen LogP contribution in [0.3, 0.4) is 0 Å². The number of fused-ring (bicyclic) bond motifs is 1. The monoisotopic (exact) mass is 213 g/mol. The Kier molecular flexibility index (Phi) is 2.63. The predicted molar refractivity (Wildman–Crippen MR) is 55.6 cm³/mol. The number of carbonyl (C=O) groups excluding carboxylic acids is 1. The van der Waals surface area contributed by atoms with Crippen molar-refractivity contribution in [1.29, 1.82) is 0 Å². The van der Waals surface area contributed by atoms with Gasteiger partial charge in [0.1, 0.15) is 5.60 Å². The predicted octanol–water partition coefficient (Wildman–Crippen LogP) is 1.50. The van der Waals surface area contributed by atoms with Gasteiger partial charge in [-0.1, -0.05) is 0 Å². The molecule has 0 radical (unpaired) electrons. The molecule has 4 heteroatoms. The average Bonchev–Trinajstić information content (AvgIpc) is 2.56. The van der Waals surface area contributed by atoms with Crippen LogP contribution in [0, 0.1) is 11.8 Å². The Morgan fingerprint density at radius 3 is 2.27 bits per heavy atom. The average molecular weight is 213 g/mol. The van der Waals surface area contributed by atoms with Crippen molar-refractivity contribution >= 4 is 6.09 Å². The number of hydrogen-bond donors (Lipinski definition) is 0. The van der Waals surface area contributed by atoms with Crippen molar-refractivity contribution in [1.82, 2.24) is 4.90 Å². The fraction of sp³-hybridized carbons (Fsp3) is 0.909. The summed E-state index contributed by atoms with van der Waals surface area (Å²) in [6.45, 7) is 8.85. The summed E-state index contributed by atoms with van der Waals surface area (Å²) in [4.78, 5) is 13.6. The zero-order valence-corrected chi connectivity index (χ0v) is 9.66. The molecule has 2 aliphatic rings. The van der Waals surface area contributed by atoms with Crippen LogP contribution in [-0.4, -0.2) is 42.9 Å². The number of likely N-dealkylation sites (tertiary alicyclic amines) is 1. The molecule has 0 bridgehead atoms. The maximum Gasteiger partial charge on any atom is 0.410 e. The second-order valence-electron chi connectivity index (χ2n) is 5.44. The highest BCUT2D eigenvalue weighted by Crippen LogP contribution is 2.29. The van der Waals surface area contributed by atoms with Crippen molar-refractivity contribution in [2.45, 2.75) is 26.4 Å². The summed E-state index contributed by atoms with van der Waals surface area (Å²) >= 11 is 0. The number of amides is 1. The molecule has 2 rings (SSSR count). The topological polar surface area (TPSA) is 38.8 Å². The lowest BCUT2D eigenvalue weighted by Crippen LogP contribution is -2.36. The Labute approximate surface area is 90.5 Å². The Hall–Kier alpha value is -0.770. The Balaban J connectivity index is 1.88. The van der Waals surface area contributed by atoms with Crippen LogP contribution in [0.25, 0.3) is 0 Å². The van der Waals surface area contributed by atoms with E-state index in [0.717, 1.165) is 26.3 Å². The minimum Gasteiger partial charge on any atom is -0.444 e. The molecular formula is C11H19NO3. The molecule has 1 amide bonds. The van der Waals surface area contributed by atoms with Crippen molar-refractivity contribution in [3.8, 4) is 0 Å². The maximum absolute atomic E-state index is 11.8. The van der Waals surface area contributed by atoms with Gasteiger partial charge < -0.3 is 14.4 Å². The number of hydrogen-bond acceptors (Lipinski definition) is 3. The van der Waals surface area contributed by atoms with E-state index < -0.39 is 5.60 Å². The molecule has 0 N–H and O–H groups in total. The highest BCUT2D eigenvalue weighted by molar-refractivity contribution is 5.68. The van der Waals surface area contributed by atoms with Gasteiger partial charge >= 0.3 is 6.09 Å². The summed E-state index contributed by atoms with van der Waals surface area (Å²) in [5.41, 5.74) is -0.398. The smallest absolute Gasteiger partial charge is 0.410 e. The van der Waals surface area contributed by atoms with Gasteiger partial charge in [-0.2, -0.15) is 0 Å². The number of carbonyl (C=O) groups is 1. The third kappa shape index (κ3) is 2.43. The first kappa shape index (κ1) is 10.7. The minimum absolute atomic E-state index is 0.183. The molecule has 2 aliphatic heterocycles. The van der Waals surface area contributed by atoms with Crippen LogP contribution in [0.15, 0.2) is 0 Å². The van der Waals surface area contributed by atoms with E-state index in [1.807, 2.05) is 25.7 Å². The zero-order valence-electron chi connectivity index (χ0n) is 9.66. The standard InChI is InChI=1S/C11H19NO3/c1-11(2,3)15-10(13)12-4-8-6-14-7-9(8)5-12/h8-9H,4-7H2,1-3H3/t8-,9-/m1/s1. The molecule has 0 aromatic heterocycles. The number of ether oxygens (including phenoxy) is 2. The van der Waals surface area contributed by atoms with Crippen molar-refractivity contribution < 1.29 is 14.3 Å². The quantitative estimate of drug-likeness (QED) is 0.612. The molecule has 0 spiro atoms. The third-order valence-electron chi connectivity index (χ3n) is 2.89. The van der Waals surface area contributed by atoms with E-state index in [9.17, 15) is 4.79 Å². The highest BCUT2D eigenvalue weighted by Gasteiger charge is 2.40. The summed E-state index contributed by atoms with van der Waals surface area (Å²) in [5, 5.41) is 0. The van der Waals surface area contributed by atoms with Crippen LogP contribution in [0.2, 0.25) is 0 Å². The summed E-state index contributed by atoms with van der Waals surface area (Å²) in [5.74, 6) is 1.05. The number of rotatable bonds is 0. The van der Waals surface area contributed by atoms with Crippen molar-refractivity contribution in [3.63, 3.8) is 0 Å². The lowest BCUT2D eigenvalue weighted by Gasteiger charge is -2.24. The lowest BCUT2D eigenvalue weighted by atomic mass is 10.0. The fourth-order valence-corrected chi connectivity index (χ4v) is 2.16. The molecule has 15 heavy (non-hydrogen) atoms. The van der Waals surface area contributed by atoms with E-state index in [4.69, 9.17) is 9.47 Å². The SMILES string of the molecule is CC(C)(C)OC(=O)N1C[C@@H]2COC[C@H]2C1. The van der Waals surface area contributed by atoms with Crippen molar-refractivity contribution in [3.05, 3.63) is 0 Å². The van der Waals surface area contributed by atoms with Gasteiger partial charge in [-0.25, -0.2) is 4.79 Å².